The Kier molecular flexibility index (Phi) is 4.09. The van der Waals surface area contributed by atoms with E-state index in [1.807, 2.05) is 24.0 Å². The zero-order valence-electron chi connectivity index (χ0n) is 16.8. The number of nitrogens with two attached hydrogens (primary N) is 1. The van der Waals surface area contributed by atoms with Crippen molar-refractivity contribution in [2.24, 2.45) is 10.9 Å². The molecule has 5 nitrogen and oxygen atoms in total. The smallest absolute Gasteiger partial charge is 0.150 e. The minimum absolute atomic E-state index is 0.118. The molecule has 6 rings (SSSR count). The third kappa shape index (κ3) is 2.82. The number of fused-ring (bicyclic) bond motifs is 2. The number of nitrogens with zero attached hydrogens (tertiary/aromatic N) is 4. The minimum atomic E-state index is 0.118. The summed E-state index contributed by atoms with van der Waals surface area (Å²) in [5.41, 5.74) is 10.4. The van der Waals surface area contributed by atoms with E-state index in [0.29, 0.717) is 17.0 Å². The van der Waals surface area contributed by atoms with Crippen LogP contribution in [0.25, 0.3) is 11.1 Å². The highest BCUT2D eigenvalue weighted by molar-refractivity contribution is 8.15. The summed E-state index contributed by atoms with van der Waals surface area (Å²) >= 11 is 1.83. The van der Waals surface area contributed by atoms with Crippen LogP contribution in [-0.4, -0.2) is 30.7 Å². The van der Waals surface area contributed by atoms with E-state index in [0.717, 1.165) is 33.6 Å². The molecule has 30 heavy (non-hydrogen) atoms. The first-order chi connectivity index (χ1) is 14.7. The van der Waals surface area contributed by atoms with Crippen LogP contribution < -0.4 is 5.73 Å². The fourth-order valence-electron chi connectivity index (χ4n) is 4.73. The summed E-state index contributed by atoms with van der Waals surface area (Å²) < 4.78 is 2.15. The molecule has 6 heteroatoms. The standard InChI is InChI=1S/C24H23N5S/c1-14-11-17(12-14)23-28-20(21-22(25)26-9-10-29(21)23)16-7-8-19-18(13-16)27-24(30-19)15-5-3-2-4-6-15/h2-10,13-14,17-19H,11-12H2,1H3,(H2,25,26). The maximum Gasteiger partial charge on any atom is 0.150 e. The molecule has 0 bridgehead atoms. The third-order valence-electron chi connectivity index (χ3n) is 6.31. The molecule has 0 saturated heterocycles. The van der Waals surface area contributed by atoms with Crippen molar-refractivity contribution in [2.75, 3.05) is 5.73 Å². The normalized spacial score (nSPS) is 27.5. The molecule has 2 aliphatic carbocycles. The monoisotopic (exact) mass is 413 g/mol. The molecular weight excluding hydrogens is 390 g/mol. The fraction of sp³-hybridized carbons (Fsp3) is 0.292. The number of rotatable bonds is 3. The summed E-state index contributed by atoms with van der Waals surface area (Å²) in [7, 11) is 0. The van der Waals surface area contributed by atoms with E-state index in [2.05, 4.69) is 58.8 Å². The molecule has 3 aliphatic rings. The second kappa shape index (κ2) is 6.84. The van der Waals surface area contributed by atoms with Gasteiger partial charge in [-0.25, -0.2) is 9.97 Å². The van der Waals surface area contributed by atoms with E-state index in [1.165, 1.54) is 18.4 Å². The van der Waals surface area contributed by atoms with Crippen molar-refractivity contribution in [1.29, 1.82) is 0 Å². The van der Waals surface area contributed by atoms with Crippen LogP contribution >= 0.6 is 11.8 Å². The Labute approximate surface area is 179 Å². The van der Waals surface area contributed by atoms with Crippen molar-refractivity contribution in [3.63, 3.8) is 0 Å². The van der Waals surface area contributed by atoms with Crippen LogP contribution in [0.3, 0.4) is 0 Å². The molecule has 1 fully saturated rings. The number of imidazole rings is 1. The lowest BCUT2D eigenvalue weighted by Gasteiger charge is -2.31. The molecule has 2 N–H and O–H groups in total. The molecule has 1 saturated carbocycles. The van der Waals surface area contributed by atoms with Gasteiger partial charge in [0.2, 0.25) is 0 Å². The third-order valence-corrected chi connectivity index (χ3v) is 7.58. The van der Waals surface area contributed by atoms with E-state index in [1.54, 1.807) is 6.20 Å². The Hall–Kier alpha value is -2.86. The summed E-state index contributed by atoms with van der Waals surface area (Å²) in [6.45, 7) is 2.30. The van der Waals surface area contributed by atoms with Crippen LogP contribution in [0, 0.1) is 5.92 Å². The maximum absolute atomic E-state index is 6.31. The second-order valence-corrected chi connectivity index (χ2v) is 9.64. The van der Waals surface area contributed by atoms with Crippen LogP contribution in [0.1, 0.15) is 42.8 Å². The van der Waals surface area contributed by atoms with E-state index in [4.69, 9.17) is 15.7 Å². The Morgan fingerprint density at radius 3 is 2.80 bits per heavy atom. The van der Waals surface area contributed by atoms with Gasteiger partial charge in [-0.05, 0) is 24.8 Å². The molecule has 2 unspecified atom stereocenters. The van der Waals surface area contributed by atoms with Gasteiger partial charge in [0, 0.05) is 29.4 Å². The Morgan fingerprint density at radius 2 is 2.00 bits per heavy atom. The van der Waals surface area contributed by atoms with E-state index in [9.17, 15) is 0 Å². The molecule has 1 aliphatic heterocycles. The van der Waals surface area contributed by atoms with Crippen LogP contribution in [0.2, 0.25) is 0 Å². The van der Waals surface area contributed by atoms with Gasteiger partial charge in [-0.15, -0.1) is 0 Å². The zero-order valence-corrected chi connectivity index (χ0v) is 17.6. The quantitative estimate of drug-likeness (QED) is 0.675. The van der Waals surface area contributed by atoms with Crippen molar-refractivity contribution in [1.82, 2.24) is 14.4 Å². The van der Waals surface area contributed by atoms with Crippen LogP contribution in [0.4, 0.5) is 5.82 Å². The van der Waals surface area contributed by atoms with Gasteiger partial charge in [0.05, 0.1) is 22.0 Å². The van der Waals surface area contributed by atoms with Crippen LogP contribution in [-0.2, 0) is 0 Å². The molecule has 3 aromatic rings. The van der Waals surface area contributed by atoms with Crippen LogP contribution in [0.15, 0.2) is 65.9 Å². The number of hydrogen-bond donors (Lipinski definition) is 1. The lowest BCUT2D eigenvalue weighted by atomic mass is 9.76. The first-order valence-corrected chi connectivity index (χ1v) is 11.4. The van der Waals surface area contributed by atoms with Gasteiger partial charge in [-0.2, -0.15) is 0 Å². The van der Waals surface area contributed by atoms with E-state index in [-0.39, 0.29) is 6.04 Å². The number of benzene rings is 1. The fourth-order valence-corrected chi connectivity index (χ4v) is 5.88. The predicted octanol–water partition coefficient (Wildman–Crippen LogP) is 4.71. The highest BCUT2D eigenvalue weighted by Gasteiger charge is 2.34. The van der Waals surface area contributed by atoms with Crippen molar-refractivity contribution < 1.29 is 0 Å². The Morgan fingerprint density at radius 1 is 1.17 bits per heavy atom. The first-order valence-electron chi connectivity index (χ1n) is 10.5. The van der Waals surface area contributed by atoms with Crippen molar-refractivity contribution in [2.45, 2.75) is 37.0 Å². The lowest BCUT2D eigenvalue weighted by Crippen LogP contribution is -2.21. The number of hydrogen-bond acceptors (Lipinski definition) is 5. The van der Waals surface area contributed by atoms with Crippen molar-refractivity contribution in [3.05, 3.63) is 78.0 Å². The Bertz CT molecular complexity index is 1220. The number of allylic oxidation sites excluding steroid dienone is 2. The molecule has 150 valence electrons. The number of thioether (sulfide) groups is 1. The minimum Gasteiger partial charge on any atom is -0.382 e. The van der Waals surface area contributed by atoms with E-state index >= 15 is 0 Å². The van der Waals surface area contributed by atoms with Gasteiger partial charge < -0.3 is 5.73 Å². The summed E-state index contributed by atoms with van der Waals surface area (Å²) in [5, 5.41) is 1.44. The number of aromatic nitrogens is 3. The van der Waals surface area contributed by atoms with E-state index < -0.39 is 0 Å². The molecule has 2 aromatic heterocycles. The number of nitrogen functional groups attached to an aromatic ring is 1. The molecule has 0 radical (unpaired) electrons. The van der Waals surface area contributed by atoms with Gasteiger partial charge in [-0.1, -0.05) is 61.2 Å². The maximum atomic E-state index is 6.31. The second-order valence-electron chi connectivity index (χ2n) is 8.48. The van der Waals surface area contributed by atoms with Gasteiger partial charge in [-0.3, -0.25) is 9.39 Å². The summed E-state index contributed by atoms with van der Waals surface area (Å²) in [6, 6.07) is 10.5. The largest absolute Gasteiger partial charge is 0.382 e. The average Bonchev–Trinajstić information content (AvgIpc) is 3.34. The highest BCUT2D eigenvalue weighted by Crippen LogP contribution is 2.43. The SMILES string of the molecule is CC1CC(c2nc(C3=CC4N=C(c5ccccc5)SC4C=C3)c3c(N)nccn23)C1. The topological polar surface area (TPSA) is 68.6 Å². The van der Waals surface area contributed by atoms with Gasteiger partial charge in [0.25, 0.3) is 0 Å². The molecule has 3 heterocycles. The molecule has 0 spiro atoms. The predicted molar refractivity (Wildman–Crippen MR) is 124 cm³/mol. The first kappa shape index (κ1) is 18.0. The average molecular weight is 414 g/mol. The van der Waals surface area contributed by atoms with Gasteiger partial charge >= 0.3 is 0 Å². The van der Waals surface area contributed by atoms with Gasteiger partial charge in [0.15, 0.2) is 0 Å². The molecule has 2 atom stereocenters. The summed E-state index contributed by atoms with van der Waals surface area (Å²) in [4.78, 5) is 14.4. The highest BCUT2D eigenvalue weighted by atomic mass is 32.2. The van der Waals surface area contributed by atoms with Crippen molar-refractivity contribution >= 4 is 33.7 Å². The lowest BCUT2D eigenvalue weighted by molar-refractivity contribution is 0.277. The van der Waals surface area contributed by atoms with Crippen LogP contribution in [0.5, 0.6) is 0 Å². The summed E-state index contributed by atoms with van der Waals surface area (Å²) in [6.07, 6.45) is 12.8. The number of anilines is 1. The Balaban J connectivity index is 1.41. The molecular formula is C24H23N5S. The molecule has 1 aromatic carbocycles. The summed E-state index contributed by atoms with van der Waals surface area (Å²) in [5.74, 6) is 2.90. The zero-order chi connectivity index (χ0) is 20.2. The van der Waals surface area contributed by atoms with Crippen molar-refractivity contribution in [3.8, 4) is 0 Å². The molecule has 0 amide bonds. The number of aliphatic imine (C=N–C) groups is 1. The van der Waals surface area contributed by atoms with Gasteiger partial charge in [0.1, 0.15) is 17.2 Å².